The average molecular weight is 160 g/mol. The van der Waals surface area contributed by atoms with E-state index in [1.165, 1.54) is 24.2 Å². The second-order valence-electron chi connectivity index (χ2n) is 3.36. The molecule has 2 rings (SSSR count). The minimum absolute atomic E-state index is 1.11. The minimum atomic E-state index is 1.11. The van der Waals surface area contributed by atoms with Crippen molar-refractivity contribution in [1.82, 2.24) is 0 Å². The maximum absolute atomic E-state index is 2.41. The van der Waals surface area contributed by atoms with Gasteiger partial charge in [-0.1, -0.05) is 12.1 Å². The summed E-state index contributed by atoms with van der Waals surface area (Å²) >= 11 is 0. The van der Waals surface area contributed by atoms with Crippen molar-refractivity contribution in [2.75, 3.05) is 18.0 Å². The molecule has 12 heavy (non-hydrogen) atoms. The van der Waals surface area contributed by atoms with E-state index in [4.69, 9.17) is 0 Å². The van der Waals surface area contributed by atoms with Gasteiger partial charge in [0.25, 0.3) is 0 Å². The van der Waals surface area contributed by atoms with E-state index in [-0.39, 0.29) is 0 Å². The van der Waals surface area contributed by atoms with Crippen molar-refractivity contribution in [3.8, 4) is 0 Å². The number of hydrogen-bond acceptors (Lipinski definition) is 1. The van der Waals surface area contributed by atoms with E-state index >= 15 is 0 Å². The van der Waals surface area contributed by atoms with Crippen LogP contribution in [0.2, 0.25) is 0 Å². The smallest absolute Gasteiger partial charge is 0.0368 e. The first-order valence-electron chi connectivity index (χ1n) is 4.49. The molecule has 1 fully saturated rings. The molecule has 1 aromatic rings. The Bertz CT molecular complexity index is 261. The van der Waals surface area contributed by atoms with Crippen molar-refractivity contribution in [2.24, 2.45) is 0 Å². The number of nitrogens with zero attached hydrogens (tertiary/aromatic N) is 1. The van der Waals surface area contributed by atoms with E-state index in [9.17, 15) is 0 Å². The van der Waals surface area contributed by atoms with Gasteiger partial charge in [0.2, 0.25) is 0 Å². The summed E-state index contributed by atoms with van der Waals surface area (Å²) in [5.41, 5.74) is 2.71. The van der Waals surface area contributed by atoms with Crippen LogP contribution in [0.5, 0.6) is 0 Å². The molecule has 1 aromatic carbocycles. The molecule has 0 amide bonds. The molecule has 63 valence electrons. The Hall–Kier alpha value is -0.980. The lowest BCUT2D eigenvalue weighted by atomic mass is 10.2. The number of hydrogen-bond donors (Lipinski definition) is 0. The van der Waals surface area contributed by atoms with Crippen LogP contribution in [-0.2, 0) is 0 Å². The van der Waals surface area contributed by atoms with Gasteiger partial charge in [0.05, 0.1) is 0 Å². The maximum Gasteiger partial charge on any atom is 0.0368 e. The molecule has 0 saturated carbocycles. The van der Waals surface area contributed by atoms with Crippen LogP contribution in [0.25, 0.3) is 0 Å². The lowest BCUT2D eigenvalue weighted by molar-refractivity contribution is 0.967. The summed E-state index contributed by atoms with van der Waals surface area (Å²) in [6, 6.07) is 8.71. The number of aryl methyl sites for hydroxylation is 1. The Balaban J connectivity index is 2.21. The summed E-state index contributed by atoms with van der Waals surface area (Å²) in [6.07, 6.45) is 3.57. The highest BCUT2D eigenvalue weighted by atomic mass is 15.1. The molecule has 0 unspecified atom stereocenters. The van der Waals surface area contributed by atoms with Crippen LogP contribution >= 0.6 is 0 Å². The molecule has 0 bridgehead atoms. The van der Waals surface area contributed by atoms with Gasteiger partial charge < -0.3 is 4.90 Å². The fraction of sp³-hybridized carbons (Fsp3) is 0.364. The molecule has 0 N–H and O–H groups in total. The van der Waals surface area contributed by atoms with E-state index in [1.807, 2.05) is 0 Å². The second-order valence-corrected chi connectivity index (χ2v) is 3.36. The lowest BCUT2D eigenvalue weighted by Gasteiger charge is -2.17. The zero-order valence-corrected chi connectivity index (χ0v) is 7.46. The van der Waals surface area contributed by atoms with Gasteiger partial charge >= 0.3 is 0 Å². The van der Waals surface area contributed by atoms with E-state index in [1.54, 1.807) is 0 Å². The molecule has 0 aromatic heterocycles. The van der Waals surface area contributed by atoms with E-state index in [0.29, 0.717) is 0 Å². The summed E-state index contributed by atoms with van der Waals surface area (Å²) in [4.78, 5) is 2.41. The molecule has 1 nitrogen and oxygen atoms in total. The maximum atomic E-state index is 2.41. The van der Waals surface area contributed by atoms with Crippen LogP contribution in [0, 0.1) is 13.3 Å². The first kappa shape index (κ1) is 7.66. The standard InChI is InChI=1S/C11H14N/c1-10-5-4-6-11(9-10)12-7-2-3-8-12/h2,4-6,9H,3,7-8H2,1H3. The van der Waals surface area contributed by atoms with Gasteiger partial charge in [0.1, 0.15) is 0 Å². The van der Waals surface area contributed by atoms with Crippen LogP contribution in [0.3, 0.4) is 0 Å². The Labute approximate surface area is 74.0 Å². The van der Waals surface area contributed by atoms with Crippen molar-refractivity contribution < 1.29 is 0 Å². The lowest BCUT2D eigenvalue weighted by Crippen LogP contribution is -2.17. The Morgan fingerprint density at radius 1 is 1.33 bits per heavy atom. The molecule has 0 spiro atoms. The molecule has 0 aliphatic carbocycles. The molecule has 1 saturated heterocycles. The Kier molecular flexibility index (Phi) is 2.03. The van der Waals surface area contributed by atoms with Crippen molar-refractivity contribution in [2.45, 2.75) is 13.3 Å². The third-order valence-electron chi connectivity index (χ3n) is 2.32. The molecule has 0 atom stereocenters. The molecule has 1 aliphatic heterocycles. The average Bonchev–Trinajstić information content (AvgIpc) is 2.56. The second kappa shape index (κ2) is 3.18. The summed E-state index contributed by atoms with van der Waals surface area (Å²) in [5.74, 6) is 0. The van der Waals surface area contributed by atoms with Crippen molar-refractivity contribution in [3.05, 3.63) is 36.2 Å². The van der Waals surface area contributed by atoms with Gasteiger partial charge in [-0.2, -0.15) is 0 Å². The molecule has 1 heterocycles. The fourth-order valence-corrected chi connectivity index (χ4v) is 1.64. The van der Waals surface area contributed by atoms with Crippen LogP contribution < -0.4 is 4.90 Å². The monoisotopic (exact) mass is 160 g/mol. The highest BCUT2D eigenvalue weighted by Gasteiger charge is 2.11. The van der Waals surface area contributed by atoms with Crippen LogP contribution in [0.1, 0.15) is 12.0 Å². The first-order valence-corrected chi connectivity index (χ1v) is 4.49. The quantitative estimate of drug-likeness (QED) is 0.609. The summed E-state index contributed by atoms with van der Waals surface area (Å²) < 4.78 is 0. The predicted octanol–water partition coefficient (Wildman–Crippen LogP) is 2.41. The predicted molar refractivity (Wildman–Crippen MR) is 52.3 cm³/mol. The molecular formula is C11H14N. The summed E-state index contributed by atoms with van der Waals surface area (Å²) in [5, 5.41) is 0. The van der Waals surface area contributed by atoms with E-state index in [0.717, 1.165) is 6.54 Å². The third kappa shape index (κ3) is 1.45. The molecule has 1 radical (unpaired) electrons. The number of benzene rings is 1. The van der Waals surface area contributed by atoms with Crippen molar-refractivity contribution in [1.29, 1.82) is 0 Å². The van der Waals surface area contributed by atoms with Crippen molar-refractivity contribution >= 4 is 5.69 Å². The Morgan fingerprint density at radius 3 is 2.92 bits per heavy atom. The van der Waals surface area contributed by atoms with Gasteiger partial charge in [-0.25, -0.2) is 0 Å². The largest absolute Gasteiger partial charge is 0.371 e. The van der Waals surface area contributed by atoms with Crippen LogP contribution in [-0.4, -0.2) is 13.1 Å². The van der Waals surface area contributed by atoms with Gasteiger partial charge in [-0.05, 0) is 37.5 Å². The molecule has 1 aliphatic rings. The molecule has 1 heteroatoms. The highest BCUT2D eigenvalue weighted by Crippen LogP contribution is 2.19. The number of anilines is 1. The Morgan fingerprint density at radius 2 is 2.25 bits per heavy atom. The normalized spacial score (nSPS) is 16.9. The first-order chi connectivity index (χ1) is 5.86. The van der Waals surface area contributed by atoms with Crippen LogP contribution in [0.15, 0.2) is 24.3 Å². The highest BCUT2D eigenvalue weighted by molar-refractivity contribution is 5.49. The van der Waals surface area contributed by atoms with Crippen molar-refractivity contribution in [3.63, 3.8) is 0 Å². The van der Waals surface area contributed by atoms with Gasteiger partial charge in [0.15, 0.2) is 0 Å². The van der Waals surface area contributed by atoms with Gasteiger partial charge in [0, 0.05) is 18.8 Å². The van der Waals surface area contributed by atoms with E-state index in [2.05, 4.69) is 42.5 Å². The third-order valence-corrected chi connectivity index (χ3v) is 2.32. The zero-order valence-electron chi connectivity index (χ0n) is 7.46. The van der Waals surface area contributed by atoms with Crippen LogP contribution in [0.4, 0.5) is 5.69 Å². The summed E-state index contributed by atoms with van der Waals surface area (Å²) in [7, 11) is 0. The minimum Gasteiger partial charge on any atom is -0.371 e. The van der Waals surface area contributed by atoms with E-state index < -0.39 is 0 Å². The fourth-order valence-electron chi connectivity index (χ4n) is 1.64. The SMILES string of the molecule is Cc1cccc(N2C[CH]CC2)c1. The van der Waals surface area contributed by atoms with Gasteiger partial charge in [-0.3, -0.25) is 0 Å². The summed E-state index contributed by atoms with van der Waals surface area (Å²) in [6.45, 7) is 4.44. The van der Waals surface area contributed by atoms with Gasteiger partial charge in [-0.15, -0.1) is 0 Å². The number of rotatable bonds is 1. The zero-order chi connectivity index (χ0) is 8.39. The topological polar surface area (TPSA) is 3.24 Å². The molecular weight excluding hydrogens is 146 g/mol.